The lowest BCUT2D eigenvalue weighted by Gasteiger charge is -2.33. The smallest absolute Gasteiger partial charge is 0.254 e. The average molecular weight is 451 g/mol. The summed E-state index contributed by atoms with van der Waals surface area (Å²) in [6, 6.07) is 16.5. The van der Waals surface area contributed by atoms with Gasteiger partial charge in [-0.25, -0.2) is 9.97 Å². The molecular formula is C29H30N4O. The normalized spacial score (nSPS) is 16.1. The fourth-order valence-electron chi connectivity index (χ4n) is 5.04. The summed E-state index contributed by atoms with van der Waals surface area (Å²) < 4.78 is 0. The van der Waals surface area contributed by atoms with E-state index < -0.39 is 0 Å². The zero-order valence-electron chi connectivity index (χ0n) is 20.3. The number of aryl methyl sites for hydroxylation is 4. The number of benzene rings is 2. The summed E-state index contributed by atoms with van der Waals surface area (Å²) in [6.07, 6.45) is 3.90. The quantitative estimate of drug-likeness (QED) is 0.387. The van der Waals surface area contributed by atoms with Crippen LogP contribution in [0.25, 0.3) is 22.0 Å². The van der Waals surface area contributed by atoms with Crippen LogP contribution in [0.5, 0.6) is 0 Å². The van der Waals surface area contributed by atoms with Gasteiger partial charge in [-0.05, 0) is 64.3 Å². The Balaban J connectivity index is 1.50. The van der Waals surface area contributed by atoms with Gasteiger partial charge in [-0.1, -0.05) is 41.5 Å². The maximum Gasteiger partial charge on any atom is 0.254 e. The number of piperidine rings is 1. The summed E-state index contributed by atoms with van der Waals surface area (Å²) in [5.41, 5.74) is 8.05. The Labute approximate surface area is 200 Å². The second-order valence-electron chi connectivity index (χ2n) is 9.51. The maximum absolute atomic E-state index is 13.8. The van der Waals surface area contributed by atoms with Crippen LogP contribution in [-0.2, 0) is 0 Å². The number of fused-ring (bicyclic) bond motifs is 1. The summed E-state index contributed by atoms with van der Waals surface area (Å²) in [6.45, 7) is 9.45. The molecule has 1 aliphatic heterocycles. The van der Waals surface area contributed by atoms with Gasteiger partial charge in [0.05, 0.1) is 16.8 Å². The first-order valence-electron chi connectivity index (χ1n) is 12.0. The molecule has 0 spiro atoms. The Bertz CT molecular complexity index is 1390. The molecule has 1 aliphatic rings. The Morgan fingerprint density at radius 3 is 2.62 bits per heavy atom. The average Bonchev–Trinajstić information content (AvgIpc) is 2.83. The molecule has 0 aliphatic carbocycles. The van der Waals surface area contributed by atoms with Gasteiger partial charge in [0.1, 0.15) is 5.82 Å². The number of hydrogen-bond donors (Lipinski definition) is 0. The van der Waals surface area contributed by atoms with Gasteiger partial charge >= 0.3 is 0 Å². The molecule has 4 aromatic rings. The summed E-state index contributed by atoms with van der Waals surface area (Å²) in [7, 11) is 0. The zero-order chi connectivity index (χ0) is 23.8. The number of hydrogen-bond acceptors (Lipinski definition) is 4. The maximum atomic E-state index is 13.8. The van der Waals surface area contributed by atoms with Crippen molar-refractivity contribution in [2.45, 2.75) is 46.5 Å². The van der Waals surface area contributed by atoms with Crippen LogP contribution in [0.4, 0.5) is 0 Å². The highest BCUT2D eigenvalue weighted by atomic mass is 16.2. The van der Waals surface area contributed by atoms with Gasteiger partial charge in [-0.3, -0.25) is 9.78 Å². The van der Waals surface area contributed by atoms with E-state index in [1.54, 1.807) is 0 Å². The van der Waals surface area contributed by atoms with Gasteiger partial charge in [-0.2, -0.15) is 0 Å². The largest absolute Gasteiger partial charge is 0.338 e. The molecule has 0 N–H and O–H groups in total. The van der Waals surface area contributed by atoms with Crippen LogP contribution in [0, 0.1) is 27.7 Å². The summed E-state index contributed by atoms with van der Waals surface area (Å²) >= 11 is 0. The van der Waals surface area contributed by atoms with Crippen molar-refractivity contribution in [2.75, 3.05) is 13.1 Å². The van der Waals surface area contributed by atoms with E-state index in [1.807, 2.05) is 43.1 Å². The first kappa shape index (κ1) is 22.2. The van der Waals surface area contributed by atoms with Crippen LogP contribution in [0.3, 0.4) is 0 Å². The molecule has 1 fully saturated rings. The number of likely N-dealkylation sites (tertiary alicyclic amines) is 1. The minimum Gasteiger partial charge on any atom is -0.338 e. The van der Waals surface area contributed by atoms with Crippen molar-refractivity contribution >= 4 is 16.8 Å². The van der Waals surface area contributed by atoms with Crippen molar-refractivity contribution in [3.05, 3.63) is 88.6 Å². The Morgan fingerprint density at radius 2 is 1.79 bits per heavy atom. The third kappa shape index (κ3) is 4.30. The molecule has 2 aromatic heterocycles. The summed E-state index contributed by atoms with van der Waals surface area (Å²) in [4.78, 5) is 29.8. The fraction of sp³-hybridized carbons (Fsp3) is 0.310. The standard InChI is InChI=1S/C29H30N4O/c1-18-7-5-8-22(13-18)26-16-30-21(4)32-28(26)23-9-6-12-33(17-23)29(34)25-15-20(3)31-27-11-10-19(2)14-24(25)27/h5,7-8,10-11,13-16,23H,6,9,12,17H2,1-4H3. The van der Waals surface area contributed by atoms with Crippen molar-refractivity contribution in [3.63, 3.8) is 0 Å². The van der Waals surface area contributed by atoms with Gasteiger partial charge < -0.3 is 4.90 Å². The molecule has 3 heterocycles. The first-order valence-corrected chi connectivity index (χ1v) is 12.0. The lowest BCUT2D eigenvalue weighted by Crippen LogP contribution is -2.39. The monoisotopic (exact) mass is 450 g/mol. The molecule has 1 unspecified atom stereocenters. The summed E-state index contributed by atoms with van der Waals surface area (Å²) in [5, 5.41) is 0.927. The molecule has 0 saturated carbocycles. The number of nitrogens with zero attached hydrogens (tertiary/aromatic N) is 4. The number of carbonyl (C=O) groups excluding carboxylic acids is 1. The number of amides is 1. The molecule has 0 radical (unpaired) electrons. The van der Waals surface area contributed by atoms with Gasteiger partial charge in [0.25, 0.3) is 5.91 Å². The lowest BCUT2D eigenvalue weighted by atomic mass is 9.89. The topological polar surface area (TPSA) is 59.0 Å². The molecule has 1 amide bonds. The fourth-order valence-corrected chi connectivity index (χ4v) is 5.04. The predicted octanol–water partition coefficient (Wildman–Crippen LogP) is 5.95. The molecule has 2 aromatic carbocycles. The van der Waals surface area contributed by atoms with E-state index in [9.17, 15) is 4.79 Å². The van der Waals surface area contributed by atoms with E-state index in [1.165, 1.54) is 5.56 Å². The zero-order valence-corrected chi connectivity index (χ0v) is 20.3. The molecule has 34 heavy (non-hydrogen) atoms. The molecule has 0 bridgehead atoms. The highest BCUT2D eigenvalue weighted by Crippen LogP contribution is 2.34. The van der Waals surface area contributed by atoms with Crippen LogP contribution in [0.15, 0.2) is 54.7 Å². The second kappa shape index (κ2) is 8.98. The van der Waals surface area contributed by atoms with Crippen LogP contribution in [-0.4, -0.2) is 38.8 Å². The Hall–Kier alpha value is -3.60. The molecule has 5 heteroatoms. The first-order chi connectivity index (χ1) is 16.4. The van der Waals surface area contributed by atoms with E-state index in [2.05, 4.69) is 54.1 Å². The number of carbonyl (C=O) groups is 1. The number of aromatic nitrogens is 3. The minimum absolute atomic E-state index is 0.0775. The molecular weight excluding hydrogens is 420 g/mol. The van der Waals surface area contributed by atoms with E-state index >= 15 is 0 Å². The Kier molecular flexibility index (Phi) is 5.86. The van der Waals surface area contributed by atoms with E-state index in [0.29, 0.717) is 6.54 Å². The summed E-state index contributed by atoms with van der Waals surface area (Å²) in [5.74, 6) is 1.01. The molecule has 172 valence electrons. The molecule has 1 saturated heterocycles. The van der Waals surface area contributed by atoms with Gasteiger partial charge in [-0.15, -0.1) is 0 Å². The molecule has 5 rings (SSSR count). The number of rotatable bonds is 3. The predicted molar refractivity (Wildman–Crippen MR) is 136 cm³/mol. The van der Waals surface area contributed by atoms with E-state index in [0.717, 1.165) is 69.8 Å². The van der Waals surface area contributed by atoms with E-state index in [-0.39, 0.29) is 11.8 Å². The minimum atomic E-state index is 0.0775. The van der Waals surface area contributed by atoms with Crippen molar-refractivity contribution < 1.29 is 4.79 Å². The third-order valence-electron chi connectivity index (χ3n) is 6.69. The number of pyridine rings is 1. The Morgan fingerprint density at radius 1 is 0.971 bits per heavy atom. The molecule has 5 nitrogen and oxygen atoms in total. The van der Waals surface area contributed by atoms with Crippen LogP contribution in [0.2, 0.25) is 0 Å². The van der Waals surface area contributed by atoms with Crippen molar-refractivity contribution in [3.8, 4) is 11.1 Å². The van der Waals surface area contributed by atoms with Crippen LogP contribution < -0.4 is 0 Å². The van der Waals surface area contributed by atoms with Crippen LogP contribution >= 0.6 is 0 Å². The lowest BCUT2D eigenvalue weighted by molar-refractivity contribution is 0.0708. The van der Waals surface area contributed by atoms with Crippen molar-refractivity contribution in [2.24, 2.45) is 0 Å². The van der Waals surface area contributed by atoms with Crippen LogP contribution in [0.1, 0.15) is 57.5 Å². The highest BCUT2D eigenvalue weighted by Gasteiger charge is 2.29. The second-order valence-corrected chi connectivity index (χ2v) is 9.51. The van der Waals surface area contributed by atoms with Crippen molar-refractivity contribution in [1.82, 2.24) is 19.9 Å². The van der Waals surface area contributed by atoms with Crippen molar-refractivity contribution in [1.29, 1.82) is 0 Å². The SMILES string of the molecule is Cc1cccc(-c2cnc(C)nc2C2CCCN(C(=O)c3cc(C)nc4ccc(C)cc34)C2)c1. The third-order valence-corrected chi connectivity index (χ3v) is 6.69. The molecule has 1 atom stereocenters. The van der Waals surface area contributed by atoms with Gasteiger partial charge in [0.15, 0.2) is 0 Å². The highest BCUT2D eigenvalue weighted by molar-refractivity contribution is 6.06. The van der Waals surface area contributed by atoms with Gasteiger partial charge in [0.2, 0.25) is 0 Å². The van der Waals surface area contributed by atoms with E-state index in [4.69, 9.17) is 4.98 Å². The van der Waals surface area contributed by atoms with Gasteiger partial charge in [0, 0.05) is 41.8 Å².